The molecule has 5 nitrogen and oxygen atoms in total. The Morgan fingerprint density at radius 2 is 1.75 bits per heavy atom. The molecule has 1 aliphatic heterocycles. The molecule has 0 bridgehead atoms. The third-order valence-corrected chi connectivity index (χ3v) is 4.76. The maximum Gasteiger partial charge on any atom is 0.252 e. The predicted octanol–water partition coefficient (Wildman–Crippen LogP) is 2.35. The molecule has 1 fully saturated rings. The molecule has 2 heterocycles. The second-order valence-corrected chi connectivity index (χ2v) is 6.63. The molecule has 2 aromatic rings. The first-order valence-electron chi connectivity index (χ1n) is 8.40. The smallest absolute Gasteiger partial charge is 0.252 e. The molecular formula is C19H24N2O3. The number of hydrogen-bond donors (Lipinski definition) is 0. The molecule has 5 heteroatoms. The van der Waals surface area contributed by atoms with Gasteiger partial charge in [-0.1, -0.05) is 11.6 Å². The van der Waals surface area contributed by atoms with E-state index in [0.29, 0.717) is 26.3 Å². The minimum Gasteiger partial charge on any atom is -0.378 e. The van der Waals surface area contributed by atoms with Crippen molar-refractivity contribution in [1.82, 2.24) is 9.47 Å². The van der Waals surface area contributed by atoms with Gasteiger partial charge in [0.05, 0.1) is 18.7 Å². The first kappa shape index (κ1) is 16.7. The summed E-state index contributed by atoms with van der Waals surface area (Å²) in [4.78, 5) is 27.3. The highest BCUT2D eigenvalue weighted by Gasteiger charge is 2.26. The van der Waals surface area contributed by atoms with E-state index in [2.05, 4.69) is 12.1 Å². The summed E-state index contributed by atoms with van der Waals surface area (Å²) in [5.41, 5.74) is 3.86. The highest BCUT2D eigenvalue weighted by molar-refractivity contribution is 5.89. The number of benzene rings is 1. The van der Waals surface area contributed by atoms with Gasteiger partial charge in [-0.2, -0.15) is 0 Å². The summed E-state index contributed by atoms with van der Waals surface area (Å²) in [5.74, 6) is -0.0227. The molecule has 1 atom stereocenters. The van der Waals surface area contributed by atoms with Gasteiger partial charge in [0.2, 0.25) is 5.91 Å². The van der Waals surface area contributed by atoms with Crippen LogP contribution in [0.2, 0.25) is 0 Å². The molecule has 0 N–H and O–H groups in total. The van der Waals surface area contributed by atoms with E-state index in [1.54, 1.807) is 15.5 Å². The summed E-state index contributed by atoms with van der Waals surface area (Å²) < 4.78 is 6.96. The van der Waals surface area contributed by atoms with Gasteiger partial charge < -0.3 is 9.64 Å². The molecule has 1 saturated heterocycles. The maximum absolute atomic E-state index is 12.9. The largest absolute Gasteiger partial charge is 0.378 e. The third-order valence-electron chi connectivity index (χ3n) is 4.76. The van der Waals surface area contributed by atoms with Crippen molar-refractivity contribution in [2.24, 2.45) is 0 Å². The van der Waals surface area contributed by atoms with Gasteiger partial charge in [0.25, 0.3) is 5.56 Å². The van der Waals surface area contributed by atoms with Gasteiger partial charge in [0.15, 0.2) is 0 Å². The minimum absolute atomic E-state index is 0.0227. The lowest BCUT2D eigenvalue weighted by Crippen LogP contribution is -2.45. The molecule has 0 saturated carbocycles. The van der Waals surface area contributed by atoms with Gasteiger partial charge in [-0.05, 0) is 44.9 Å². The standard InChI is InChI=1S/C19H24N2O3/c1-12-9-14(3)18-16(10-12)13(2)11-17(22)21(18)15(4)19(23)20-5-7-24-8-6-20/h9-11,15H,5-8H2,1-4H3/t15-/m1/s1. The lowest BCUT2D eigenvalue weighted by molar-refractivity contribution is -0.138. The van der Waals surface area contributed by atoms with Gasteiger partial charge in [-0.3, -0.25) is 14.2 Å². The third kappa shape index (κ3) is 2.84. The Balaban J connectivity index is 2.14. The number of morpholine rings is 1. The van der Waals surface area contributed by atoms with Crippen LogP contribution in [0.4, 0.5) is 0 Å². The van der Waals surface area contributed by atoms with E-state index in [4.69, 9.17) is 4.74 Å². The van der Waals surface area contributed by atoms with E-state index in [1.165, 1.54) is 0 Å². The molecule has 128 valence electrons. The number of carbonyl (C=O) groups excluding carboxylic acids is 1. The van der Waals surface area contributed by atoms with Crippen LogP contribution in [0, 0.1) is 20.8 Å². The fourth-order valence-electron chi connectivity index (χ4n) is 3.57. The van der Waals surface area contributed by atoms with E-state index in [9.17, 15) is 9.59 Å². The maximum atomic E-state index is 12.9. The number of pyridine rings is 1. The van der Waals surface area contributed by atoms with Crippen molar-refractivity contribution in [2.75, 3.05) is 26.3 Å². The molecule has 1 amide bonds. The van der Waals surface area contributed by atoms with Gasteiger partial charge in [-0.15, -0.1) is 0 Å². The van der Waals surface area contributed by atoms with Crippen molar-refractivity contribution in [1.29, 1.82) is 0 Å². The Morgan fingerprint density at radius 3 is 2.42 bits per heavy atom. The highest BCUT2D eigenvalue weighted by atomic mass is 16.5. The number of rotatable bonds is 2. The monoisotopic (exact) mass is 328 g/mol. The average Bonchev–Trinajstić information content (AvgIpc) is 2.55. The van der Waals surface area contributed by atoms with Crippen molar-refractivity contribution < 1.29 is 9.53 Å². The summed E-state index contributed by atoms with van der Waals surface area (Å²) in [6, 6.07) is 5.24. The molecule has 1 aromatic carbocycles. The van der Waals surface area contributed by atoms with E-state index in [0.717, 1.165) is 27.6 Å². The van der Waals surface area contributed by atoms with Crippen molar-refractivity contribution in [3.05, 3.63) is 45.2 Å². The van der Waals surface area contributed by atoms with Crippen molar-refractivity contribution in [3.8, 4) is 0 Å². The van der Waals surface area contributed by atoms with Gasteiger partial charge >= 0.3 is 0 Å². The lowest BCUT2D eigenvalue weighted by Gasteiger charge is -2.30. The highest BCUT2D eigenvalue weighted by Crippen LogP contribution is 2.25. The zero-order valence-corrected chi connectivity index (χ0v) is 14.8. The van der Waals surface area contributed by atoms with Crippen LogP contribution in [0.3, 0.4) is 0 Å². The van der Waals surface area contributed by atoms with Crippen molar-refractivity contribution >= 4 is 16.8 Å². The number of fused-ring (bicyclic) bond motifs is 1. The molecule has 24 heavy (non-hydrogen) atoms. The quantitative estimate of drug-likeness (QED) is 0.850. The van der Waals surface area contributed by atoms with Crippen LogP contribution in [0.1, 0.15) is 29.7 Å². The number of hydrogen-bond acceptors (Lipinski definition) is 3. The first-order chi connectivity index (χ1) is 11.4. The number of carbonyl (C=O) groups is 1. The van der Waals surface area contributed by atoms with E-state index in [1.807, 2.05) is 27.7 Å². The Bertz CT molecular complexity index is 848. The summed E-state index contributed by atoms with van der Waals surface area (Å²) in [6.45, 7) is 10.1. The van der Waals surface area contributed by atoms with Crippen LogP contribution in [0.5, 0.6) is 0 Å². The minimum atomic E-state index is -0.528. The SMILES string of the molecule is Cc1cc(C)c2c(c1)c(C)cc(=O)n2[C@H](C)C(=O)N1CCOCC1. The van der Waals surface area contributed by atoms with Crippen LogP contribution in [0.15, 0.2) is 23.0 Å². The molecule has 0 aliphatic carbocycles. The van der Waals surface area contributed by atoms with Crippen LogP contribution in [-0.2, 0) is 9.53 Å². The molecule has 0 radical (unpaired) electrons. The Labute approximate surface area is 141 Å². The van der Waals surface area contributed by atoms with E-state index >= 15 is 0 Å². The van der Waals surface area contributed by atoms with Gasteiger partial charge in [0.1, 0.15) is 6.04 Å². The van der Waals surface area contributed by atoms with Crippen LogP contribution in [0.25, 0.3) is 10.9 Å². The fraction of sp³-hybridized carbons (Fsp3) is 0.474. The summed E-state index contributed by atoms with van der Waals surface area (Å²) in [5, 5.41) is 1.04. The van der Waals surface area contributed by atoms with Crippen LogP contribution >= 0.6 is 0 Å². The van der Waals surface area contributed by atoms with Crippen LogP contribution in [-0.4, -0.2) is 41.7 Å². The summed E-state index contributed by atoms with van der Waals surface area (Å²) >= 11 is 0. The van der Waals surface area contributed by atoms with Crippen molar-refractivity contribution in [2.45, 2.75) is 33.7 Å². The Morgan fingerprint density at radius 1 is 1.08 bits per heavy atom. The molecule has 1 aromatic heterocycles. The normalized spacial score (nSPS) is 16.4. The zero-order chi connectivity index (χ0) is 17.4. The molecule has 3 rings (SSSR count). The van der Waals surface area contributed by atoms with E-state index < -0.39 is 6.04 Å². The van der Waals surface area contributed by atoms with Crippen LogP contribution < -0.4 is 5.56 Å². The fourth-order valence-corrected chi connectivity index (χ4v) is 3.57. The second kappa shape index (κ2) is 6.40. The van der Waals surface area contributed by atoms with Crippen molar-refractivity contribution in [3.63, 3.8) is 0 Å². The second-order valence-electron chi connectivity index (χ2n) is 6.63. The number of aromatic nitrogens is 1. The molecule has 1 aliphatic rings. The number of nitrogens with zero attached hydrogens (tertiary/aromatic N) is 2. The first-order valence-corrected chi connectivity index (χ1v) is 8.40. The number of amides is 1. The number of ether oxygens (including phenoxy) is 1. The van der Waals surface area contributed by atoms with E-state index in [-0.39, 0.29) is 11.5 Å². The zero-order valence-electron chi connectivity index (χ0n) is 14.8. The topological polar surface area (TPSA) is 51.5 Å². The molecule has 0 spiro atoms. The van der Waals surface area contributed by atoms with Gasteiger partial charge in [0, 0.05) is 24.5 Å². The summed E-state index contributed by atoms with van der Waals surface area (Å²) in [6.07, 6.45) is 0. The Kier molecular flexibility index (Phi) is 4.45. The Hall–Kier alpha value is -2.14. The average molecular weight is 328 g/mol. The summed E-state index contributed by atoms with van der Waals surface area (Å²) in [7, 11) is 0. The number of aryl methyl sites for hydroxylation is 3. The molecular weight excluding hydrogens is 304 g/mol. The van der Waals surface area contributed by atoms with Gasteiger partial charge in [-0.25, -0.2) is 0 Å². The predicted molar refractivity (Wildman–Crippen MR) is 94.5 cm³/mol. The lowest BCUT2D eigenvalue weighted by atomic mass is 10.0. The molecule has 0 unspecified atom stereocenters.